The fraction of sp³-hybridized carbons (Fsp3) is 0.250. The second kappa shape index (κ2) is 3.77. The van der Waals surface area contributed by atoms with Gasteiger partial charge >= 0.3 is 0 Å². The molecule has 0 aliphatic carbocycles. The van der Waals surface area contributed by atoms with E-state index in [0.717, 1.165) is 16.8 Å². The zero-order valence-corrected chi connectivity index (χ0v) is 8.77. The first kappa shape index (κ1) is 9.77. The quantitative estimate of drug-likeness (QED) is 0.723. The summed E-state index contributed by atoms with van der Waals surface area (Å²) in [7, 11) is 0. The molecule has 2 rings (SSSR count). The number of carbonyl (C=O) groups is 1. The maximum Gasteiger partial charge on any atom is 0.160 e. The lowest BCUT2D eigenvalue weighted by molar-refractivity contribution is -0.117. The summed E-state index contributed by atoms with van der Waals surface area (Å²) < 4.78 is 0. The molecule has 1 atom stereocenters. The number of azo groups is 1. The molecule has 0 bridgehead atoms. The van der Waals surface area contributed by atoms with Gasteiger partial charge in [0.05, 0.1) is 5.70 Å². The van der Waals surface area contributed by atoms with E-state index < -0.39 is 6.04 Å². The molecule has 0 saturated heterocycles. The zero-order chi connectivity index (χ0) is 10.8. The number of carbonyl (C=O) groups excluding carboxylic acids is 1. The molecule has 0 fully saturated rings. The summed E-state index contributed by atoms with van der Waals surface area (Å²) in [5.74, 6) is 0.0365. The average Bonchev–Trinajstić information content (AvgIpc) is 2.61. The maximum absolute atomic E-state index is 11.4. The van der Waals surface area contributed by atoms with Crippen LogP contribution in [0.15, 0.2) is 46.3 Å². The number of ketones is 1. The summed E-state index contributed by atoms with van der Waals surface area (Å²) >= 11 is 0. The molecule has 3 nitrogen and oxygen atoms in total. The summed E-state index contributed by atoms with van der Waals surface area (Å²) in [5.41, 5.74) is 2.80. The van der Waals surface area contributed by atoms with Gasteiger partial charge in [-0.05, 0) is 19.4 Å². The molecule has 0 saturated carbocycles. The van der Waals surface area contributed by atoms with E-state index in [2.05, 4.69) is 10.2 Å². The second-order valence-corrected chi connectivity index (χ2v) is 3.59. The summed E-state index contributed by atoms with van der Waals surface area (Å²) in [4.78, 5) is 11.4. The van der Waals surface area contributed by atoms with Gasteiger partial charge in [0.15, 0.2) is 11.8 Å². The van der Waals surface area contributed by atoms with E-state index >= 15 is 0 Å². The van der Waals surface area contributed by atoms with Crippen LogP contribution in [0, 0.1) is 0 Å². The Labute approximate surface area is 88.5 Å². The van der Waals surface area contributed by atoms with Crippen molar-refractivity contribution in [3.05, 3.63) is 41.6 Å². The van der Waals surface area contributed by atoms with Gasteiger partial charge in [0.2, 0.25) is 0 Å². The summed E-state index contributed by atoms with van der Waals surface area (Å²) in [6.07, 6.45) is 0. The Morgan fingerprint density at radius 2 is 1.93 bits per heavy atom. The molecule has 1 unspecified atom stereocenters. The lowest BCUT2D eigenvalue weighted by Gasteiger charge is -2.08. The van der Waals surface area contributed by atoms with Crippen LogP contribution in [-0.2, 0) is 4.79 Å². The van der Waals surface area contributed by atoms with E-state index in [-0.39, 0.29) is 5.78 Å². The second-order valence-electron chi connectivity index (χ2n) is 3.59. The highest BCUT2D eigenvalue weighted by molar-refractivity contribution is 5.97. The van der Waals surface area contributed by atoms with Crippen LogP contribution < -0.4 is 0 Å². The molecule has 0 radical (unpaired) electrons. The number of nitrogens with zero attached hydrogens (tertiary/aromatic N) is 2. The Kier molecular flexibility index (Phi) is 2.46. The first-order valence-corrected chi connectivity index (χ1v) is 4.87. The lowest BCUT2D eigenvalue weighted by Crippen LogP contribution is -2.14. The van der Waals surface area contributed by atoms with Crippen molar-refractivity contribution in [3.8, 4) is 0 Å². The fourth-order valence-electron chi connectivity index (χ4n) is 1.72. The molecule has 0 aromatic heterocycles. The fourth-order valence-corrected chi connectivity index (χ4v) is 1.72. The highest BCUT2D eigenvalue weighted by Gasteiger charge is 2.26. The van der Waals surface area contributed by atoms with Crippen molar-refractivity contribution in [2.24, 2.45) is 10.2 Å². The van der Waals surface area contributed by atoms with Gasteiger partial charge in [0.25, 0.3) is 0 Å². The molecule has 1 aliphatic rings. The van der Waals surface area contributed by atoms with Gasteiger partial charge < -0.3 is 0 Å². The molecular weight excluding hydrogens is 188 g/mol. The Bertz CT molecular complexity index is 446. The number of allylic oxidation sites excluding steroid dienone is 1. The number of benzene rings is 1. The third-order valence-electron chi connectivity index (χ3n) is 2.46. The monoisotopic (exact) mass is 200 g/mol. The molecule has 0 spiro atoms. The predicted octanol–water partition coefficient (Wildman–Crippen LogP) is 2.84. The normalized spacial score (nSPS) is 19.7. The van der Waals surface area contributed by atoms with Gasteiger partial charge in [-0.3, -0.25) is 4.79 Å². The van der Waals surface area contributed by atoms with Crippen molar-refractivity contribution in [3.63, 3.8) is 0 Å². The van der Waals surface area contributed by atoms with Crippen molar-refractivity contribution in [1.82, 2.24) is 0 Å². The number of rotatable bonds is 2. The Morgan fingerprint density at radius 3 is 2.53 bits per heavy atom. The van der Waals surface area contributed by atoms with Gasteiger partial charge in [0.1, 0.15) is 0 Å². The minimum Gasteiger partial charge on any atom is -0.297 e. The van der Waals surface area contributed by atoms with Crippen molar-refractivity contribution < 1.29 is 4.79 Å². The van der Waals surface area contributed by atoms with Crippen molar-refractivity contribution in [2.45, 2.75) is 19.9 Å². The summed E-state index contributed by atoms with van der Waals surface area (Å²) in [6, 6.07) is 9.39. The van der Waals surface area contributed by atoms with Crippen LogP contribution in [0.1, 0.15) is 19.4 Å². The Balaban J connectivity index is 2.45. The van der Waals surface area contributed by atoms with E-state index in [4.69, 9.17) is 0 Å². The Hall–Kier alpha value is -1.77. The molecule has 1 aromatic carbocycles. The summed E-state index contributed by atoms with van der Waals surface area (Å²) in [5, 5.41) is 7.96. The number of Topliss-reactive ketones (excluding diaryl/α,β-unsaturated/α-hetero) is 1. The van der Waals surface area contributed by atoms with Crippen LogP contribution in [-0.4, -0.2) is 11.8 Å². The molecule has 0 N–H and O–H groups in total. The molecular formula is C12H12N2O. The van der Waals surface area contributed by atoms with Crippen LogP contribution in [0.2, 0.25) is 0 Å². The first-order valence-electron chi connectivity index (χ1n) is 4.87. The molecule has 3 heteroatoms. The third-order valence-corrected chi connectivity index (χ3v) is 2.46. The maximum atomic E-state index is 11.4. The minimum atomic E-state index is -0.410. The predicted molar refractivity (Wildman–Crippen MR) is 58.4 cm³/mol. The third kappa shape index (κ3) is 1.73. The van der Waals surface area contributed by atoms with E-state index in [1.54, 1.807) is 6.92 Å². The van der Waals surface area contributed by atoms with E-state index in [9.17, 15) is 4.79 Å². The van der Waals surface area contributed by atoms with E-state index in [0.29, 0.717) is 0 Å². The molecule has 1 heterocycles. The Morgan fingerprint density at radius 1 is 1.27 bits per heavy atom. The molecule has 1 aliphatic heterocycles. The number of hydrogen-bond donors (Lipinski definition) is 0. The van der Waals surface area contributed by atoms with Crippen LogP contribution >= 0.6 is 0 Å². The van der Waals surface area contributed by atoms with Crippen LogP contribution in [0.5, 0.6) is 0 Å². The molecule has 76 valence electrons. The molecule has 0 amide bonds. The standard InChI is InChI=1S/C12H12N2O/c1-8-11(10-6-4-3-5-7-10)12(9(2)15)14-13-8/h3-7,12H,1-2H3. The first-order chi connectivity index (χ1) is 7.20. The largest absolute Gasteiger partial charge is 0.297 e. The van der Waals surface area contributed by atoms with Crippen LogP contribution in [0.4, 0.5) is 0 Å². The van der Waals surface area contributed by atoms with Gasteiger partial charge in [-0.25, -0.2) is 0 Å². The minimum absolute atomic E-state index is 0.0365. The van der Waals surface area contributed by atoms with Crippen LogP contribution in [0.3, 0.4) is 0 Å². The number of hydrogen-bond acceptors (Lipinski definition) is 3. The van der Waals surface area contributed by atoms with Gasteiger partial charge in [0, 0.05) is 5.57 Å². The van der Waals surface area contributed by atoms with E-state index in [1.807, 2.05) is 37.3 Å². The van der Waals surface area contributed by atoms with Crippen molar-refractivity contribution in [1.29, 1.82) is 0 Å². The molecule has 1 aromatic rings. The van der Waals surface area contributed by atoms with E-state index in [1.165, 1.54) is 0 Å². The van der Waals surface area contributed by atoms with Gasteiger partial charge in [-0.15, -0.1) is 0 Å². The highest BCUT2D eigenvalue weighted by Crippen LogP contribution is 2.30. The van der Waals surface area contributed by atoms with Gasteiger partial charge in [-0.2, -0.15) is 10.2 Å². The SMILES string of the molecule is CC(=O)C1N=NC(C)=C1c1ccccc1. The topological polar surface area (TPSA) is 41.8 Å². The van der Waals surface area contributed by atoms with Crippen molar-refractivity contribution in [2.75, 3.05) is 0 Å². The van der Waals surface area contributed by atoms with Crippen LogP contribution in [0.25, 0.3) is 5.57 Å². The zero-order valence-electron chi connectivity index (χ0n) is 8.77. The smallest absolute Gasteiger partial charge is 0.160 e. The average molecular weight is 200 g/mol. The summed E-state index contributed by atoms with van der Waals surface area (Å²) in [6.45, 7) is 3.43. The van der Waals surface area contributed by atoms with Crippen molar-refractivity contribution >= 4 is 11.4 Å². The molecule has 15 heavy (non-hydrogen) atoms. The van der Waals surface area contributed by atoms with Gasteiger partial charge in [-0.1, -0.05) is 30.3 Å². The highest BCUT2D eigenvalue weighted by atomic mass is 16.1. The lowest BCUT2D eigenvalue weighted by atomic mass is 9.96.